The SMILES string of the molecule is CN(C)C1C(=O)C(C(N)=O)C(=O)C2(O)C(=O)C3C(=O)c4c(O)ccc(C(=O)C(=O)N5CCOCC5)c4CC3CC12. The maximum atomic E-state index is 13.8. The van der Waals surface area contributed by atoms with Crippen molar-refractivity contribution >= 4 is 40.7 Å². The summed E-state index contributed by atoms with van der Waals surface area (Å²) >= 11 is 0. The van der Waals surface area contributed by atoms with Crippen molar-refractivity contribution < 1.29 is 48.5 Å². The number of benzene rings is 1. The molecule has 13 nitrogen and oxygen atoms in total. The van der Waals surface area contributed by atoms with Crippen molar-refractivity contribution in [3.63, 3.8) is 0 Å². The van der Waals surface area contributed by atoms with Crippen molar-refractivity contribution in [1.82, 2.24) is 9.80 Å². The molecule has 3 aliphatic carbocycles. The fourth-order valence-electron chi connectivity index (χ4n) is 6.84. The Labute approximate surface area is 228 Å². The molecule has 5 rings (SSSR count). The van der Waals surface area contributed by atoms with E-state index in [0.717, 1.165) is 6.07 Å². The normalized spacial score (nSPS) is 31.9. The summed E-state index contributed by atoms with van der Waals surface area (Å²) in [5, 5.41) is 22.2. The molecule has 2 saturated carbocycles. The number of aromatic hydroxyl groups is 1. The molecule has 1 saturated heterocycles. The number of hydrogen-bond acceptors (Lipinski definition) is 11. The quantitative estimate of drug-likeness (QED) is 0.209. The van der Waals surface area contributed by atoms with Crippen molar-refractivity contribution in [2.45, 2.75) is 24.5 Å². The van der Waals surface area contributed by atoms with Gasteiger partial charge in [-0.1, -0.05) is 0 Å². The highest BCUT2D eigenvalue weighted by atomic mass is 16.5. The lowest BCUT2D eigenvalue weighted by molar-refractivity contribution is -0.181. The monoisotopic (exact) mass is 555 g/mol. The molecule has 6 atom stereocenters. The van der Waals surface area contributed by atoms with E-state index in [9.17, 15) is 43.8 Å². The van der Waals surface area contributed by atoms with Gasteiger partial charge in [-0.25, -0.2) is 0 Å². The molecule has 4 aliphatic rings. The Morgan fingerprint density at radius 2 is 1.73 bits per heavy atom. The van der Waals surface area contributed by atoms with E-state index in [1.165, 1.54) is 30.0 Å². The predicted molar refractivity (Wildman–Crippen MR) is 133 cm³/mol. The van der Waals surface area contributed by atoms with Gasteiger partial charge in [0, 0.05) is 24.6 Å². The number of fused-ring (bicyclic) bond motifs is 3. The zero-order valence-corrected chi connectivity index (χ0v) is 21.9. The summed E-state index contributed by atoms with van der Waals surface area (Å²) in [7, 11) is 2.97. The summed E-state index contributed by atoms with van der Waals surface area (Å²) in [4.78, 5) is 95.1. The fourth-order valence-corrected chi connectivity index (χ4v) is 6.84. The second kappa shape index (κ2) is 9.68. The second-order valence-corrected chi connectivity index (χ2v) is 11.0. The van der Waals surface area contributed by atoms with Crippen molar-refractivity contribution in [2.24, 2.45) is 29.4 Å². The summed E-state index contributed by atoms with van der Waals surface area (Å²) < 4.78 is 5.22. The number of morpholine rings is 1. The van der Waals surface area contributed by atoms with Gasteiger partial charge in [0.05, 0.1) is 30.7 Å². The van der Waals surface area contributed by atoms with Crippen LogP contribution in [-0.4, -0.2) is 113 Å². The van der Waals surface area contributed by atoms with Gasteiger partial charge in [0.2, 0.25) is 5.91 Å². The Bertz CT molecular complexity index is 1380. The molecule has 6 unspecified atom stereocenters. The number of likely N-dealkylation sites (N-methyl/N-ethyl adjacent to an activating group) is 1. The Balaban J connectivity index is 1.58. The Hall–Kier alpha value is -3.81. The Morgan fingerprint density at radius 3 is 2.33 bits per heavy atom. The molecule has 40 heavy (non-hydrogen) atoms. The van der Waals surface area contributed by atoms with Crippen LogP contribution in [0.1, 0.15) is 32.7 Å². The van der Waals surface area contributed by atoms with Gasteiger partial charge in [-0.15, -0.1) is 0 Å². The number of primary amides is 1. The number of hydrogen-bond donors (Lipinski definition) is 3. The summed E-state index contributed by atoms with van der Waals surface area (Å²) in [6.45, 7) is 0.956. The van der Waals surface area contributed by atoms with Crippen LogP contribution in [0.15, 0.2) is 12.1 Å². The fraction of sp³-hybridized carbons (Fsp3) is 0.519. The number of amides is 2. The molecule has 0 bridgehead atoms. The van der Waals surface area contributed by atoms with Crippen LogP contribution in [0.25, 0.3) is 0 Å². The molecule has 0 radical (unpaired) electrons. The third-order valence-corrected chi connectivity index (χ3v) is 8.68. The van der Waals surface area contributed by atoms with Gasteiger partial charge in [0.15, 0.2) is 34.7 Å². The summed E-state index contributed by atoms with van der Waals surface area (Å²) in [5.74, 6) is -13.7. The van der Waals surface area contributed by atoms with Crippen molar-refractivity contribution in [3.8, 4) is 5.75 Å². The summed E-state index contributed by atoms with van der Waals surface area (Å²) in [6, 6.07) is 1.09. The summed E-state index contributed by atoms with van der Waals surface area (Å²) in [5.41, 5.74) is 2.11. The molecule has 4 N–H and O–H groups in total. The van der Waals surface area contributed by atoms with Crippen LogP contribution >= 0.6 is 0 Å². The van der Waals surface area contributed by atoms with Gasteiger partial charge in [0.25, 0.3) is 11.7 Å². The molecule has 1 aromatic rings. The van der Waals surface area contributed by atoms with Crippen molar-refractivity contribution in [3.05, 3.63) is 28.8 Å². The number of Topliss-reactive ketones (excluding diaryl/α,β-unsaturated/α-hetero) is 5. The van der Waals surface area contributed by atoms with Gasteiger partial charge in [-0.2, -0.15) is 0 Å². The van der Waals surface area contributed by atoms with Crippen LogP contribution < -0.4 is 5.73 Å². The van der Waals surface area contributed by atoms with Crippen LogP contribution in [0, 0.1) is 23.7 Å². The maximum absolute atomic E-state index is 13.8. The average molecular weight is 556 g/mol. The minimum atomic E-state index is -2.84. The third-order valence-electron chi connectivity index (χ3n) is 8.68. The lowest BCUT2D eigenvalue weighted by atomic mass is 9.52. The van der Waals surface area contributed by atoms with E-state index in [4.69, 9.17) is 10.5 Å². The average Bonchev–Trinajstić information content (AvgIpc) is 2.90. The number of phenols is 1. The third kappa shape index (κ3) is 3.83. The number of aliphatic hydroxyl groups is 1. The highest BCUT2D eigenvalue weighted by Crippen LogP contribution is 2.51. The van der Waals surface area contributed by atoms with Crippen molar-refractivity contribution in [2.75, 3.05) is 40.4 Å². The first kappa shape index (κ1) is 27.7. The second-order valence-electron chi connectivity index (χ2n) is 11.0. The lowest BCUT2D eigenvalue weighted by Gasteiger charge is -2.52. The number of rotatable bonds is 4. The van der Waals surface area contributed by atoms with Crippen LogP contribution in [-0.2, 0) is 35.1 Å². The molecule has 3 fully saturated rings. The van der Waals surface area contributed by atoms with E-state index in [0.29, 0.717) is 0 Å². The molecule has 13 heteroatoms. The van der Waals surface area contributed by atoms with E-state index in [-0.39, 0.29) is 55.8 Å². The van der Waals surface area contributed by atoms with E-state index in [1.807, 2.05) is 0 Å². The first-order chi connectivity index (χ1) is 18.8. The van der Waals surface area contributed by atoms with Gasteiger partial charge in [0.1, 0.15) is 5.75 Å². The molecule has 2 amide bonds. The van der Waals surface area contributed by atoms with E-state index < -0.39 is 81.8 Å². The number of phenolic OH excluding ortho intramolecular Hbond substituents is 1. The minimum absolute atomic E-state index is 0.0842. The van der Waals surface area contributed by atoms with E-state index in [1.54, 1.807) is 0 Å². The summed E-state index contributed by atoms with van der Waals surface area (Å²) in [6.07, 6.45) is -0.276. The highest BCUT2D eigenvalue weighted by Gasteiger charge is 2.69. The maximum Gasteiger partial charge on any atom is 0.295 e. The van der Waals surface area contributed by atoms with Gasteiger partial charge in [-0.3, -0.25) is 38.5 Å². The van der Waals surface area contributed by atoms with Crippen LogP contribution in [0.5, 0.6) is 5.75 Å². The Kier molecular flexibility index (Phi) is 6.71. The number of carbonyl (C=O) groups is 7. The molecular weight excluding hydrogens is 526 g/mol. The zero-order chi connectivity index (χ0) is 29.3. The zero-order valence-electron chi connectivity index (χ0n) is 21.9. The number of ketones is 5. The molecule has 0 spiro atoms. The van der Waals surface area contributed by atoms with Crippen molar-refractivity contribution in [1.29, 1.82) is 0 Å². The highest BCUT2D eigenvalue weighted by molar-refractivity contribution is 6.43. The van der Waals surface area contributed by atoms with Gasteiger partial charge < -0.3 is 25.6 Å². The predicted octanol–water partition coefficient (Wildman–Crippen LogP) is -2.09. The number of ether oxygens (including phenoxy) is 1. The van der Waals surface area contributed by atoms with Crippen LogP contribution in [0.3, 0.4) is 0 Å². The van der Waals surface area contributed by atoms with E-state index >= 15 is 0 Å². The number of nitrogens with zero attached hydrogens (tertiary/aromatic N) is 2. The van der Waals surface area contributed by atoms with Gasteiger partial charge >= 0.3 is 0 Å². The minimum Gasteiger partial charge on any atom is -0.507 e. The molecule has 0 aromatic heterocycles. The molecule has 212 valence electrons. The molecular formula is C27H29N3O10. The first-order valence-electron chi connectivity index (χ1n) is 12.9. The van der Waals surface area contributed by atoms with Crippen LogP contribution in [0.2, 0.25) is 0 Å². The van der Waals surface area contributed by atoms with Crippen LogP contribution in [0.4, 0.5) is 0 Å². The first-order valence-corrected chi connectivity index (χ1v) is 12.9. The standard InChI is InChI=1S/C27H29N3O10/c1-29(2)19-14-10-11-9-13-12(20(32)26(38)30-5-7-40-8-6-30)3-4-15(31)17(13)21(33)16(11)23(35)27(14,39)24(36)18(22(19)34)25(28)37/h3-4,11,14,16,18-19,31,39H,5-10H2,1-2H3,(H2,28,37). The Morgan fingerprint density at radius 1 is 1.07 bits per heavy atom. The van der Waals surface area contributed by atoms with Gasteiger partial charge in [-0.05, 0) is 50.6 Å². The van der Waals surface area contributed by atoms with E-state index in [2.05, 4.69) is 0 Å². The molecule has 1 aliphatic heterocycles. The topological polar surface area (TPSA) is 202 Å². The molecule has 1 aromatic carbocycles. The number of carbonyl (C=O) groups excluding carboxylic acids is 7. The number of nitrogens with two attached hydrogens (primary N) is 1. The molecule has 1 heterocycles. The lowest BCUT2D eigenvalue weighted by Crippen LogP contribution is -2.74. The smallest absolute Gasteiger partial charge is 0.295 e. The largest absolute Gasteiger partial charge is 0.507 e.